The van der Waals surface area contributed by atoms with Gasteiger partial charge in [-0.2, -0.15) is 26.3 Å². The van der Waals surface area contributed by atoms with Gasteiger partial charge in [0.2, 0.25) is 6.10 Å². The molecular formula is C11H15F6NO3. The standard InChI is InChI=1S/C11H15F6NO3/c1-18-9(6-3-4-6,8(19)20-2)5-21-7(10(12,13)14)11(15,16)17/h6-7,18H,3-5H2,1-2H3. The van der Waals surface area contributed by atoms with E-state index in [2.05, 4.69) is 14.8 Å². The maximum Gasteiger partial charge on any atom is 0.423 e. The first-order valence-corrected chi connectivity index (χ1v) is 6.01. The highest BCUT2D eigenvalue weighted by Gasteiger charge is 2.60. The number of hydrogen-bond donors (Lipinski definition) is 1. The Labute approximate surface area is 116 Å². The van der Waals surface area contributed by atoms with Crippen LogP contribution in [-0.4, -0.2) is 50.7 Å². The van der Waals surface area contributed by atoms with E-state index >= 15 is 0 Å². The fraction of sp³-hybridized carbons (Fsp3) is 0.909. The molecule has 1 rings (SSSR count). The van der Waals surface area contributed by atoms with Crippen molar-refractivity contribution in [3.05, 3.63) is 0 Å². The van der Waals surface area contributed by atoms with E-state index in [-0.39, 0.29) is 0 Å². The predicted octanol–water partition coefficient (Wildman–Crippen LogP) is 2.04. The van der Waals surface area contributed by atoms with Gasteiger partial charge in [-0.05, 0) is 25.8 Å². The maximum absolute atomic E-state index is 12.4. The minimum Gasteiger partial charge on any atom is -0.468 e. The number of nitrogens with one attached hydrogen (secondary N) is 1. The summed E-state index contributed by atoms with van der Waals surface area (Å²) in [7, 11) is 2.26. The molecule has 21 heavy (non-hydrogen) atoms. The summed E-state index contributed by atoms with van der Waals surface area (Å²) in [5, 5.41) is 2.45. The molecule has 0 bridgehead atoms. The number of carbonyl (C=O) groups excluding carboxylic acids is 1. The van der Waals surface area contributed by atoms with Gasteiger partial charge in [0, 0.05) is 0 Å². The number of alkyl halides is 6. The van der Waals surface area contributed by atoms with Crippen molar-refractivity contribution >= 4 is 5.97 Å². The molecule has 1 unspecified atom stereocenters. The Bertz CT molecular complexity index is 365. The number of methoxy groups -OCH3 is 1. The summed E-state index contributed by atoms with van der Waals surface area (Å²) in [4.78, 5) is 11.7. The SMILES string of the molecule is CNC(COC(C(F)(F)F)C(F)(F)F)(C(=O)OC)C1CC1. The molecule has 0 spiro atoms. The summed E-state index contributed by atoms with van der Waals surface area (Å²) < 4.78 is 83.0. The van der Waals surface area contributed by atoms with Crippen LogP contribution in [0.5, 0.6) is 0 Å². The Morgan fingerprint density at radius 1 is 1.19 bits per heavy atom. The van der Waals surface area contributed by atoms with E-state index in [0.717, 1.165) is 7.11 Å². The fourth-order valence-corrected chi connectivity index (χ4v) is 2.07. The average Bonchev–Trinajstić information content (AvgIpc) is 3.15. The molecule has 0 amide bonds. The third-order valence-corrected chi connectivity index (χ3v) is 3.34. The minimum atomic E-state index is -5.61. The molecule has 0 aromatic carbocycles. The molecule has 1 aliphatic rings. The number of carbonyl (C=O) groups is 1. The highest BCUT2D eigenvalue weighted by molar-refractivity contribution is 5.82. The molecule has 1 aliphatic carbocycles. The Kier molecular flexibility index (Phi) is 5.14. The highest BCUT2D eigenvalue weighted by Crippen LogP contribution is 2.42. The summed E-state index contributed by atoms with van der Waals surface area (Å²) in [5.41, 5.74) is -1.70. The molecule has 0 heterocycles. The molecule has 1 atom stereocenters. The van der Waals surface area contributed by atoms with Crippen LogP contribution in [0, 0.1) is 5.92 Å². The monoisotopic (exact) mass is 323 g/mol. The van der Waals surface area contributed by atoms with Crippen LogP contribution in [0.1, 0.15) is 12.8 Å². The van der Waals surface area contributed by atoms with E-state index in [1.807, 2.05) is 0 Å². The van der Waals surface area contributed by atoms with E-state index in [1.54, 1.807) is 0 Å². The van der Waals surface area contributed by atoms with Crippen LogP contribution < -0.4 is 5.32 Å². The van der Waals surface area contributed by atoms with Crippen molar-refractivity contribution in [1.29, 1.82) is 0 Å². The third kappa shape index (κ3) is 4.00. The molecule has 124 valence electrons. The van der Waals surface area contributed by atoms with Gasteiger partial charge < -0.3 is 14.8 Å². The minimum absolute atomic E-state index is 0.419. The summed E-state index contributed by atoms with van der Waals surface area (Å²) in [6, 6.07) is 0. The van der Waals surface area contributed by atoms with Crippen molar-refractivity contribution in [3.8, 4) is 0 Å². The highest BCUT2D eigenvalue weighted by atomic mass is 19.4. The molecule has 0 aliphatic heterocycles. The quantitative estimate of drug-likeness (QED) is 0.600. The number of ether oxygens (including phenoxy) is 2. The van der Waals surface area contributed by atoms with Crippen LogP contribution in [0.4, 0.5) is 26.3 Å². The van der Waals surface area contributed by atoms with Gasteiger partial charge in [-0.1, -0.05) is 0 Å². The van der Waals surface area contributed by atoms with Crippen LogP contribution in [0.25, 0.3) is 0 Å². The molecule has 0 saturated heterocycles. The smallest absolute Gasteiger partial charge is 0.423 e. The lowest BCUT2D eigenvalue weighted by atomic mass is 9.94. The first-order valence-electron chi connectivity index (χ1n) is 6.01. The van der Waals surface area contributed by atoms with Crippen molar-refractivity contribution < 1.29 is 40.6 Å². The van der Waals surface area contributed by atoms with Gasteiger partial charge in [0.25, 0.3) is 0 Å². The largest absolute Gasteiger partial charge is 0.468 e. The Balaban J connectivity index is 2.92. The van der Waals surface area contributed by atoms with Crippen LogP contribution in [-0.2, 0) is 14.3 Å². The zero-order chi connectivity index (χ0) is 16.5. The summed E-state index contributed by atoms with van der Waals surface area (Å²) in [5.74, 6) is -1.37. The van der Waals surface area contributed by atoms with Gasteiger partial charge in [0.05, 0.1) is 13.7 Å². The van der Waals surface area contributed by atoms with Crippen molar-refractivity contribution in [1.82, 2.24) is 5.32 Å². The second kappa shape index (κ2) is 5.99. The Morgan fingerprint density at radius 3 is 1.95 bits per heavy atom. The lowest BCUT2D eigenvalue weighted by Gasteiger charge is -2.33. The number of rotatable bonds is 6. The number of likely N-dealkylation sites (N-methyl/N-ethyl adjacent to an activating group) is 1. The van der Waals surface area contributed by atoms with Gasteiger partial charge in [-0.25, -0.2) is 4.79 Å². The first kappa shape index (κ1) is 18.0. The molecule has 0 aromatic heterocycles. The van der Waals surface area contributed by atoms with E-state index in [0.29, 0.717) is 12.8 Å². The predicted molar refractivity (Wildman–Crippen MR) is 58.4 cm³/mol. The molecule has 1 saturated carbocycles. The van der Waals surface area contributed by atoms with Crippen molar-refractivity contribution in [2.45, 2.75) is 36.8 Å². The average molecular weight is 323 g/mol. The van der Waals surface area contributed by atoms with Crippen LogP contribution >= 0.6 is 0 Å². The Hall–Kier alpha value is -1.03. The topological polar surface area (TPSA) is 47.6 Å². The lowest BCUT2D eigenvalue weighted by molar-refractivity contribution is -0.324. The second-order valence-corrected chi connectivity index (χ2v) is 4.76. The van der Waals surface area contributed by atoms with E-state index in [1.165, 1.54) is 7.05 Å². The van der Waals surface area contributed by atoms with Gasteiger partial charge >= 0.3 is 18.3 Å². The lowest BCUT2D eigenvalue weighted by Crippen LogP contribution is -2.58. The molecular weight excluding hydrogens is 308 g/mol. The van der Waals surface area contributed by atoms with Gasteiger partial charge in [-0.15, -0.1) is 0 Å². The van der Waals surface area contributed by atoms with Gasteiger partial charge in [0.1, 0.15) is 5.54 Å². The Morgan fingerprint density at radius 2 is 1.67 bits per heavy atom. The third-order valence-electron chi connectivity index (χ3n) is 3.34. The number of hydrogen-bond acceptors (Lipinski definition) is 4. The van der Waals surface area contributed by atoms with E-state index in [4.69, 9.17) is 0 Å². The van der Waals surface area contributed by atoms with Crippen molar-refractivity contribution in [2.75, 3.05) is 20.8 Å². The number of esters is 1. The van der Waals surface area contributed by atoms with Gasteiger partial charge in [0.15, 0.2) is 0 Å². The summed E-state index contributed by atoms with van der Waals surface area (Å²) in [6.07, 6.45) is -14.2. The second-order valence-electron chi connectivity index (χ2n) is 4.76. The van der Waals surface area contributed by atoms with Crippen molar-refractivity contribution in [2.24, 2.45) is 5.92 Å². The molecule has 10 heteroatoms. The zero-order valence-corrected chi connectivity index (χ0v) is 11.3. The zero-order valence-electron chi connectivity index (χ0n) is 11.3. The molecule has 4 nitrogen and oxygen atoms in total. The normalized spacial score (nSPS) is 19.5. The van der Waals surface area contributed by atoms with Crippen LogP contribution in [0.2, 0.25) is 0 Å². The molecule has 0 radical (unpaired) electrons. The van der Waals surface area contributed by atoms with E-state index < -0.39 is 42.5 Å². The van der Waals surface area contributed by atoms with Crippen molar-refractivity contribution in [3.63, 3.8) is 0 Å². The fourth-order valence-electron chi connectivity index (χ4n) is 2.07. The summed E-state index contributed by atoms with van der Waals surface area (Å²) >= 11 is 0. The molecule has 0 aromatic rings. The maximum atomic E-state index is 12.4. The summed E-state index contributed by atoms with van der Waals surface area (Å²) in [6.45, 7) is -1.08. The first-order chi connectivity index (χ1) is 9.49. The molecule has 1 fully saturated rings. The number of halogens is 6. The van der Waals surface area contributed by atoms with E-state index in [9.17, 15) is 31.1 Å². The molecule has 1 N–H and O–H groups in total. The van der Waals surface area contributed by atoms with Crippen LogP contribution in [0.15, 0.2) is 0 Å². The van der Waals surface area contributed by atoms with Gasteiger partial charge in [-0.3, -0.25) is 0 Å². The van der Waals surface area contributed by atoms with Crippen LogP contribution in [0.3, 0.4) is 0 Å².